The molecule has 0 radical (unpaired) electrons. The summed E-state index contributed by atoms with van der Waals surface area (Å²) >= 11 is 0. The lowest BCUT2D eigenvalue weighted by molar-refractivity contribution is -0.130. The predicted octanol–water partition coefficient (Wildman–Crippen LogP) is 2.33. The molecule has 25 heavy (non-hydrogen) atoms. The minimum absolute atomic E-state index is 0.153. The maximum Gasteiger partial charge on any atom is 0.227 e. The summed E-state index contributed by atoms with van der Waals surface area (Å²) in [7, 11) is 2.09. The molecule has 6 heteroatoms. The maximum absolute atomic E-state index is 13.1. The first kappa shape index (κ1) is 17.6. The molecule has 0 atom stereocenters. The molecule has 3 rings (SSSR count). The van der Waals surface area contributed by atoms with Gasteiger partial charge in [0.05, 0.1) is 17.8 Å². The Morgan fingerprint density at radius 3 is 2.56 bits per heavy atom. The number of hydrogen-bond acceptors (Lipinski definition) is 3. The second-order valence-electron chi connectivity index (χ2n) is 6.75. The highest BCUT2D eigenvalue weighted by atomic mass is 19.1. The zero-order valence-electron chi connectivity index (χ0n) is 15.1. The quantitative estimate of drug-likeness (QED) is 0.858. The van der Waals surface area contributed by atoms with Gasteiger partial charge < -0.3 is 9.80 Å². The molecular weight excluding hydrogens is 319 g/mol. The molecule has 1 aliphatic heterocycles. The molecule has 0 unspecified atom stereocenters. The van der Waals surface area contributed by atoms with Crippen LogP contribution >= 0.6 is 0 Å². The molecule has 0 bridgehead atoms. The van der Waals surface area contributed by atoms with Crippen LogP contribution in [-0.2, 0) is 11.2 Å². The van der Waals surface area contributed by atoms with Gasteiger partial charge in [0.25, 0.3) is 0 Å². The normalized spacial score (nSPS) is 16.1. The van der Waals surface area contributed by atoms with E-state index in [0.717, 1.165) is 55.2 Å². The van der Waals surface area contributed by atoms with Crippen LogP contribution in [0.4, 0.5) is 4.39 Å². The van der Waals surface area contributed by atoms with Gasteiger partial charge in [-0.2, -0.15) is 5.10 Å². The molecular formula is C19H25FN4O. The largest absolute Gasteiger partial charge is 0.341 e. The smallest absolute Gasteiger partial charge is 0.227 e. The highest BCUT2D eigenvalue weighted by molar-refractivity contribution is 5.79. The Hall–Kier alpha value is -2.21. The van der Waals surface area contributed by atoms with Crippen LogP contribution < -0.4 is 0 Å². The van der Waals surface area contributed by atoms with E-state index in [9.17, 15) is 9.18 Å². The topological polar surface area (TPSA) is 41.4 Å². The van der Waals surface area contributed by atoms with Gasteiger partial charge in [0.2, 0.25) is 5.91 Å². The van der Waals surface area contributed by atoms with Gasteiger partial charge in [-0.1, -0.05) is 0 Å². The first-order chi connectivity index (χ1) is 12.0. The number of nitrogens with zero attached hydrogens (tertiary/aromatic N) is 4. The van der Waals surface area contributed by atoms with Crippen LogP contribution in [0.15, 0.2) is 24.3 Å². The fourth-order valence-corrected chi connectivity index (χ4v) is 3.32. The molecule has 2 heterocycles. The van der Waals surface area contributed by atoms with Crippen molar-refractivity contribution in [2.24, 2.45) is 0 Å². The summed E-state index contributed by atoms with van der Waals surface area (Å²) in [6.45, 7) is 7.42. The van der Waals surface area contributed by atoms with Crippen LogP contribution in [0, 0.1) is 19.7 Å². The van der Waals surface area contributed by atoms with Crippen molar-refractivity contribution in [2.75, 3.05) is 33.2 Å². The van der Waals surface area contributed by atoms with Crippen LogP contribution in [0.2, 0.25) is 0 Å². The Bertz CT molecular complexity index is 754. The number of likely N-dealkylation sites (N-methyl/N-ethyl adjacent to an activating group) is 1. The number of halogens is 1. The van der Waals surface area contributed by atoms with E-state index in [2.05, 4.69) is 17.0 Å². The number of hydrogen-bond donors (Lipinski definition) is 0. The summed E-state index contributed by atoms with van der Waals surface area (Å²) in [5.74, 6) is -0.119. The van der Waals surface area contributed by atoms with E-state index >= 15 is 0 Å². The van der Waals surface area contributed by atoms with E-state index in [1.807, 2.05) is 18.7 Å². The molecule has 134 valence electrons. The maximum atomic E-state index is 13.1. The first-order valence-corrected chi connectivity index (χ1v) is 8.73. The average Bonchev–Trinajstić information content (AvgIpc) is 2.76. The third kappa shape index (κ3) is 3.90. The third-order valence-electron chi connectivity index (χ3n) is 4.91. The summed E-state index contributed by atoms with van der Waals surface area (Å²) in [6, 6.07) is 6.24. The summed E-state index contributed by atoms with van der Waals surface area (Å²) in [5.41, 5.74) is 3.55. The lowest BCUT2D eigenvalue weighted by Crippen LogP contribution is -2.35. The lowest BCUT2D eigenvalue weighted by Gasteiger charge is -2.20. The summed E-state index contributed by atoms with van der Waals surface area (Å²) < 4.78 is 14.9. The van der Waals surface area contributed by atoms with Crippen LogP contribution in [0.1, 0.15) is 23.4 Å². The van der Waals surface area contributed by atoms with E-state index < -0.39 is 0 Å². The number of rotatable bonds is 3. The van der Waals surface area contributed by atoms with E-state index in [1.165, 1.54) is 12.1 Å². The fourth-order valence-electron chi connectivity index (χ4n) is 3.32. The van der Waals surface area contributed by atoms with Gasteiger partial charge >= 0.3 is 0 Å². The van der Waals surface area contributed by atoms with Gasteiger partial charge in [-0.15, -0.1) is 0 Å². The van der Waals surface area contributed by atoms with Gasteiger partial charge in [-0.05, 0) is 58.1 Å². The highest BCUT2D eigenvalue weighted by Gasteiger charge is 2.21. The number of carbonyl (C=O) groups is 1. The molecule has 1 aromatic heterocycles. The zero-order valence-corrected chi connectivity index (χ0v) is 15.1. The SMILES string of the molecule is Cc1nn(-c2ccc(F)cc2)c(C)c1CC(=O)N1CCCN(C)CC1. The fraction of sp³-hybridized carbons (Fsp3) is 0.474. The second-order valence-corrected chi connectivity index (χ2v) is 6.75. The Morgan fingerprint density at radius 2 is 1.84 bits per heavy atom. The van der Waals surface area contributed by atoms with E-state index in [4.69, 9.17) is 0 Å². The zero-order chi connectivity index (χ0) is 18.0. The summed E-state index contributed by atoms with van der Waals surface area (Å²) in [6.07, 6.45) is 1.37. The van der Waals surface area contributed by atoms with Crippen molar-refractivity contribution < 1.29 is 9.18 Å². The predicted molar refractivity (Wildman–Crippen MR) is 95.4 cm³/mol. The minimum Gasteiger partial charge on any atom is -0.341 e. The van der Waals surface area contributed by atoms with Crippen molar-refractivity contribution in [1.29, 1.82) is 0 Å². The Balaban J connectivity index is 1.78. The first-order valence-electron chi connectivity index (χ1n) is 8.73. The summed E-state index contributed by atoms with van der Waals surface area (Å²) in [4.78, 5) is 17.0. The third-order valence-corrected chi connectivity index (χ3v) is 4.91. The molecule has 1 amide bonds. The molecule has 2 aromatic rings. The molecule has 0 N–H and O–H groups in total. The van der Waals surface area contributed by atoms with Crippen LogP contribution in [0.5, 0.6) is 0 Å². The van der Waals surface area contributed by atoms with Gasteiger partial charge in [-0.25, -0.2) is 9.07 Å². The molecule has 1 aliphatic rings. The Morgan fingerprint density at radius 1 is 1.12 bits per heavy atom. The Labute approximate surface area is 148 Å². The number of aromatic nitrogens is 2. The monoisotopic (exact) mass is 344 g/mol. The van der Waals surface area contributed by atoms with Gasteiger partial charge in [0, 0.05) is 30.9 Å². The van der Waals surface area contributed by atoms with Crippen molar-refractivity contribution in [1.82, 2.24) is 19.6 Å². The number of amides is 1. The van der Waals surface area contributed by atoms with Crippen molar-refractivity contribution in [2.45, 2.75) is 26.7 Å². The summed E-state index contributed by atoms with van der Waals surface area (Å²) in [5, 5.41) is 4.55. The molecule has 0 spiro atoms. The molecule has 0 aliphatic carbocycles. The van der Waals surface area contributed by atoms with Crippen LogP contribution in [0.25, 0.3) is 5.69 Å². The number of benzene rings is 1. The van der Waals surface area contributed by atoms with Crippen molar-refractivity contribution in [3.8, 4) is 5.69 Å². The highest BCUT2D eigenvalue weighted by Crippen LogP contribution is 2.19. The molecule has 1 fully saturated rings. The van der Waals surface area contributed by atoms with E-state index in [-0.39, 0.29) is 11.7 Å². The Kier molecular flexibility index (Phi) is 5.18. The van der Waals surface area contributed by atoms with E-state index in [0.29, 0.717) is 6.42 Å². The minimum atomic E-state index is -0.271. The van der Waals surface area contributed by atoms with E-state index in [1.54, 1.807) is 16.8 Å². The average molecular weight is 344 g/mol. The molecule has 1 aromatic carbocycles. The van der Waals surface area contributed by atoms with Gasteiger partial charge in [0.15, 0.2) is 0 Å². The number of carbonyl (C=O) groups excluding carboxylic acids is 1. The lowest BCUT2D eigenvalue weighted by atomic mass is 10.1. The van der Waals surface area contributed by atoms with Crippen LogP contribution in [0.3, 0.4) is 0 Å². The van der Waals surface area contributed by atoms with Crippen molar-refractivity contribution in [3.63, 3.8) is 0 Å². The molecule has 5 nitrogen and oxygen atoms in total. The number of aryl methyl sites for hydroxylation is 1. The standard InChI is InChI=1S/C19H25FN4O/c1-14-18(13-19(25)23-10-4-9-22(3)11-12-23)15(2)24(21-14)17-7-5-16(20)6-8-17/h5-8H,4,9-13H2,1-3H3. The van der Waals surface area contributed by atoms with Crippen molar-refractivity contribution >= 4 is 5.91 Å². The second kappa shape index (κ2) is 7.35. The van der Waals surface area contributed by atoms with Gasteiger partial charge in [0.1, 0.15) is 5.82 Å². The van der Waals surface area contributed by atoms with Gasteiger partial charge in [-0.3, -0.25) is 4.79 Å². The van der Waals surface area contributed by atoms with Crippen molar-refractivity contribution in [3.05, 3.63) is 47.0 Å². The van der Waals surface area contributed by atoms with Crippen LogP contribution in [-0.4, -0.2) is 58.7 Å². The molecule has 1 saturated heterocycles. The molecule has 0 saturated carbocycles.